The van der Waals surface area contributed by atoms with Crippen LogP contribution in [0.15, 0.2) is 12.4 Å². The van der Waals surface area contributed by atoms with Gasteiger partial charge in [-0.25, -0.2) is 4.98 Å². The van der Waals surface area contributed by atoms with E-state index >= 15 is 0 Å². The first-order chi connectivity index (χ1) is 8.66. The Labute approximate surface area is 105 Å². The lowest BCUT2D eigenvalue weighted by Crippen LogP contribution is -2.41. The summed E-state index contributed by atoms with van der Waals surface area (Å²) in [5.41, 5.74) is 0.902. The Morgan fingerprint density at radius 3 is 2.61 bits per heavy atom. The molecule has 1 aromatic heterocycles. The maximum Gasteiger partial charge on any atom is 0.278 e. The molecule has 1 aromatic rings. The molecular weight excluding hydrogens is 232 g/mol. The molecule has 6 heteroatoms. The van der Waals surface area contributed by atoms with Gasteiger partial charge in [-0.2, -0.15) is 0 Å². The van der Waals surface area contributed by atoms with Crippen LogP contribution in [0.1, 0.15) is 29.0 Å². The van der Waals surface area contributed by atoms with Gasteiger partial charge >= 0.3 is 0 Å². The number of imide groups is 1. The van der Waals surface area contributed by atoms with Gasteiger partial charge in [0.25, 0.3) is 5.91 Å². The van der Waals surface area contributed by atoms with E-state index in [-0.39, 0.29) is 17.5 Å². The molecule has 1 saturated heterocycles. The number of amides is 2. The zero-order chi connectivity index (χ0) is 13.0. The molecule has 1 fully saturated rings. The van der Waals surface area contributed by atoms with Gasteiger partial charge in [0.15, 0.2) is 0 Å². The summed E-state index contributed by atoms with van der Waals surface area (Å²) in [6.07, 6.45) is 4.40. The second kappa shape index (κ2) is 5.68. The molecule has 2 N–H and O–H groups in total. The van der Waals surface area contributed by atoms with Crippen molar-refractivity contribution in [1.82, 2.24) is 20.6 Å². The lowest BCUT2D eigenvalue weighted by Gasteiger charge is -2.21. The lowest BCUT2D eigenvalue weighted by atomic mass is 9.97. The van der Waals surface area contributed by atoms with Crippen molar-refractivity contribution >= 4 is 11.8 Å². The van der Waals surface area contributed by atoms with E-state index < -0.39 is 5.91 Å². The SMILES string of the molecule is Cc1cnc(C(=O)NC(=O)C2CCNCC2)cn1. The molecule has 6 nitrogen and oxygen atoms in total. The molecule has 2 rings (SSSR count). The topological polar surface area (TPSA) is 84.0 Å². The molecule has 0 radical (unpaired) electrons. The number of hydrogen-bond donors (Lipinski definition) is 2. The summed E-state index contributed by atoms with van der Waals surface area (Å²) >= 11 is 0. The zero-order valence-corrected chi connectivity index (χ0v) is 10.3. The molecule has 18 heavy (non-hydrogen) atoms. The predicted molar refractivity (Wildman–Crippen MR) is 64.8 cm³/mol. The minimum Gasteiger partial charge on any atom is -0.317 e. The molecule has 0 unspecified atom stereocenters. The van der Waals surface area contributed by atoms with Crippen molar-refractivity contribution in [3.63, 3.8) is 0 Å². The number of nitrogens with one attached hydrogen (secondary N) is 2. The zero-order valence-electron chi connectivity index (χ0n) is 10.3. The van der Waals surface area contributed by atoms with Crippen LogP contribution in [-0.4, -0.2) is 34.9 Å². The molecule has 1 aliphatic heterocycles. The van der Waals surface area contributed by atoms with Crippen LogP contribution in [0.2, 0.25) is 0 Å². The van der Waals surface area contributed by atoms with Crippen molar-refractivity contribution in [2.45, 2.75) is 19.8 Å². The Balaban J connectivity index is 1.94. The molecule has 1 aliphatic rings. The van der Waals surface area contributed by atoms with E-state index in [1.165, 1.54) is 12.4 Å². The highest BCUT2D eigenvalue weighted by Crippen LogP contribution is 2.11. The first-order valence-corrected chi connectivity index (χ1v) is 6.01. The second-order valence-corrected chi connectivity index (χ2v) is 4.39. The van der Waals surface area contributed by atoms with Gasteiger partial charge in [-0.15, -0.1) is 0 Å². The Morgan fingerprint density at radius 1 is 1.28 bits per heavy atom. The van der Waals surface area contributed by atoms with Gasteiger partial charge in [0.1, 0.15) is 5.69 Å². The number of nitrogens with zero attached hydrogens (tertiary/aromatic N) is 2. The summed E-state index contributed by atoms with van der Waals surface area (Å²) in [7, 11) is 0. The van der Waals surface area contributed by atoms with Crippen LogP contribution in [0.25, 0.3) is 0 Å². The summed E-state index contributed by atoms with van der Waals surface area (Å²) in [6.45, 7) is 3.42. The fourth-order valence-corrected chi connectivity index (χ4v) is 1.87. The van der Waals surface area contributed by atoms with Crippen LogP contribution in [0.5, 0.6) is 0 Å². The molecule has 2 amide bonds. The predicted octanol–water partition coefficient (Wildman–Crippen LogP) is 0.0410. The third-order valence-electron chi connectivity index (χ3n) is 2.96. The molecule has 0 bridgehead atoms. The van der Waals surface area contributed by atoms with Gasteiger partial charge in [-0.3, -0.25) is 19.9 Å². The summed E-state index contributed by atoms with van der Waals surface area (Å²) in [5, 5.41) is 5.55. The van der Waals surface area contributed by atoms with Crippen molar-refractivity contribution in [3.05, 3.63) is 23.8 Å². The first kappa shape index (κ1) is 12.6. The van der Waals surface area contributed by atoms with Gasteiger partial charge in [-0.05, 0) is 32.9 Å². The number of piperidine rings is 1. The summed E-state index contributed by atoms with van der Waals surface area (Å²) in [4.78, 5) is 31.5. The molecule has 2 heterocycles. The number of aryl methyl sites for hydroxylation is 1. The minimum atomic E-state index is -0.481. The average Bonchev–Trinajstić information content (AvgIpc) is 2.40. The quantitative estimate of drug-likeness (QED) is 0.722. The maximum atomic E-state index is 11.8. The standard InChI is InChI=1S/C12H16N4O2/c1-8-6-15-10(7-14-8)12(18)16-11(17)9-2-4-13-5-3-9/h6-7,9,13H,2-5H2,1H3,(H,16,17,18). The Kier molecular flexibility index (Phi) is 3.99. The summed E-state index contributed by atoms with van der Waals surface area (Å²) < 4.78 is 0. The van der Waals surface area contributed by atoms with E-state index in [1.54, 1.807) is 6.92 Å². The van der Waals surface area contributed by atoms with Crippen molar-refractivity contribution in [1.29, 1.82) is 0 Å². The smallest absolute Gasteiger partial charge is 0.278 e. The van der Waals surface area contributed by atoms with Crippen molar-refractivity contribution in [2.24, 2.45) is 5.92 Å². The number of carbonyl (C=O) groups is 2. The molecule has 96 valence electrons. The van der Waals surface area contributed by atoms with Crippen molar-refractivity contribution < 1.29 is 9.59 Å². The van der Waals surface area contributed by atoms with Gasteiger partial charge in [-0.1, -0.05) is 0 Å². The van der Waals surface area contributed by atoms with Crippen LogP contribution in [-0.2, 0) is 4.79 Å². The maximum absolute atomic E-state index is 11.8. The van der Waals surface area contributed by atoms with E-state index in [2.05, 4.69) is 20.6 Å². The van der Waals surface area contributed by atoms with Crippen LogP contribution in [0.4, 0.5) is 0 Å². The third-order valence-corrected chi connectivity index (χ3v) is 2.96. The molecule has 0 saturated carbocycles. The van der Waals surface area contributed by atoms with Crippen LogP contribution < -0.4 is 10.6 Å². The fourth-order valence-electron chi connectivity index (χ4n) is 1.87. The van der Waals surface area contributed by atoms with Crippen LogP contribution >= 0.6 is 0 Å². The van der Waals surface area contributed by atoms with E-state index in [4.69, 9.17) is 0 Å². The Hall–Kier alpha value is -1.82. The highest BCUT2D eigenvalue weighted by molar-refractivity contribution is 6.04. The molecule has 0 spiro atoms. The van der Waals surface area contributed by atoms with E-state index in [9.17, 15) is 9.59 Å². The van der Waals surface area contributed by atoms with Gasteiger partial charge < -0.3 is 5.32 Å². The molecular formula is C12H16N4O2. The number of rotatable bonds is 2. The average molecular weight is 248 g/mol. The van der Waals surface area contributed by atoms with Crippen LogP contribution in [0.3, 0.4) is 0 Å². The van der Waals surface area contributed by atoms with Crippen LogP contribution in [0, 0.1) is 12.8 Å². The largest absolute Gasteiger partial charge is 0.317 e. The Morgan fingerprint density at radius 2 is 2.00 bits per heavy atom. The molecule has 0 atom stereocenters. The minimum absolute atomic E-state index is 0.0893. The summed E-state index contributed by atoms with van der Waals surface area (Å²) in [5.74, 6) is -0.788. The monoisotopic (exact) mass is 248 g/mol. The molecule has 0 aliphatic carbocycles. The van der Waals surface area contributed by atoms with E-state index in [0.717, 1.165) is 31.6 Å². The van der Waals surface area contributed by atoms with Gasteiger partial charge in [0.2, 0.25) is 5.91 Å². The summed E-state index contributed by atoms with van der Waals surface area (Å²) in [6, 6.07) is 0. The highest BCUT2D eigenvalue weighted by Gasteiger charge is 2.23. The number of carbonyl (C=O) groups excluding carboxylic acids is 2. The van der Waals surface area contributed by atoms with E-state index in [0.29, 0.717) is 0 Å². The third kappa shape index (κ3) is 3.10. The van der Waals surface area contributed by atoms with Gasteiger partial charge in [0, 0.05) is 12.1 Å². The fraction of sp³-hybridized carbons (Fsp3) is 0.500. The van der Waals surface area contributed by atoms with Crippen molar-refractivity contribution in [3.8, 4) is 0 Å². The highest BCUT2D eigenvalue weighted by atomic mass is 16.2. The van der Waals surface area contributed by atoms with Gasteiger partial charge in [0.05, 0.1) is 11.9 Å². The number of aromatic nitrogens is 2. The van der Waals surface area contributed by atoms with Crippen molar-refractivity contribution in [2.75, 3.05) is 13.1 Å². The first-order valence-electron chi connectivity index (χ1n) is 6.01. The molecule has 0 aromatic carbocycles. The second-order valence-electron chi connectivity index (χ2n) is 4.39. The lowest BCUT2D eigenvalue weighted by molar-refractivity contribution is -0.124. The Bertz CT molecular complexity index is 438. The van der Waals surface area contributed by atoms with E-state index in [1.807, 2.05) is 0 Å². The number of hydrogen-bond acceptors (Lipinski definition) is 5. The normalized spacial score (nSPS) is 16.3.